The van der Waals surface area contributed by atoms with E-state index in [1.165, 1.54) is 6.07 Å². The van der Waals surface area contributed by atoms with E-state index in [1.807, 2.05) is 0 Å². The largest absolute Gasteiger partial charge is 0.464 e. The summed E-state index contributed by atoms with van der Waals surface area (Å²) < 4.78 is 19.2. The minimum atomic E-state index is -1.69. The second kappa shape index (κ2) is 6.29. The number of benzene rings is 1. The average Bonchev–Trinajstić information content (AvgIpc) is 2.99. The van der Waals surface area contributed by atoms with Crippen LogP contribution in [0.4, 0.5) is 16.0 Å². The van der Waals surface area contributed by atoms with E-state index in [0.29, 0.717) is 24.6 Å². The first-order chi connectivity index (χ1) is 11.1. The molecule has 0 bridgehead atoms. The van der Waals surface area contributed by atoms with Crippen LogP contribution in [0.3, 0.4) is 0 Å². The maximum absolute atomic E-state index is 14.3. The highest BCUT2D eigenvalue weighted by Crippen LogP contribution is 2.40. The SMILES string of the molecule is CCOC(=O)C(O)c1c(F)ccc2c1N(c1ncccn1)CC2. The molecule has 2 aromatic rings. The highest BCUT2D eigenvalue weighted by atomic mass is 19.1. The Bertz CT molecular complexity index is 724. The second-order valence-corrected chi connectivity index (χ2v) is 5.07. The molecule has 120 valence electrons. The third-order valence-electron chi connectivity index (χ3n) is 3.70. The number of halogens is 1. The van der Waals surface area contributed by atoms with Crippen molar-refractivity contribution in [2.75, 3.05) is 18.1 Å². The molecule has 0 radical (unpaired) electrons. The van der Waals surface area contributed by atoms with Crippen molar-refractivity contribution in [3.8, 4) is 0 Å². The van der Waals surface area contributed by atoms with Crippen LogP contribution in [0.5, 0.6) is 0 Å². The van der Waals surface area contributed by atoms with Gasteiger partial charge in [0, 0.05) is 18.9 Å². The molecular weight excluding hydrogens is 301 g/mol. The number of carbonyl (C=O) groups is 1. The van der Waals surface area contributed by atoms with Crippen molar-refractivity contribution in [3.05, 3.63) is 47.5 Å². The number of aliphatic hydroxyl groups is 1. The molecule has 1 aromatic heterocycles. The third-order valence-corrected chi connectivity index (χ3v) is 3.70. The van der Waals surface area contributed by atoms with Crippen molar-refractivity contribution >= 4 is 17.6 Å². The number of aromatic nitrogens is 2. The molecule has 1 aromatic carbocycles. The fourth-order valence-electron chi connectivity index (χ4n) is 2.72. The zero-order valence-corrected chi connectivity index (χ0v) is 12.6. The molecule has 6 nitrogen and oxygen atoms in total. The van der Waals surface area contributed by atoms with Crippen LogP contribution in [0.1, 0.15) is 24.2 Å². The maximum Gasteiger partial charge on any atom is 0.339 e. The molecule has 1 aliphatic heterocycles. The van der Waals surface area contributed by atoms with E-state index in [4.69, 9.17) is 4.74 Å². The topological polar surface area (TPSA) is 75.6 Å². The van der Waals surface area contributed by atoms with Gasteiger partial charge in [0.1, 0.15) is 5.82 Å². The summed E-state index contributed by atoms with van der Waals surface area (Å²) in [5.41, 5.74) is 1.18. The fraction of sp³-hybridized carbons (Fsp3) is 0.312. The molecule has 3 rings (SSSR count). The van der Waals surface area contributed by atoms with Gasteiger partial charge in [-0.3, -0.25) is 0 Å². The van der Waals surface area contributed by atoms with Crippen molar-refractivity contribution in [1.29, 1.82) is 0 Å². The lowest BCUT2D eigenvalue weighted by molar-refractivity contribution is -0.153. The molecule has 0 aliphatic carbocycles. The van der Waals surface area contributed by atoms with E-state index in [-0.39, 0.29) is 12.2 Å². The Morgan fingerprint density at radius 3 is 2.87 bits per heavy atom. The van der Waals surface area contributed by atoms with E-state index in [1.54, 1.807) is 36.4 Å². The Hall–Kier alpha value is -2.54. The molecule has 2 heterocycles. The van der Waals surface area contributed by atoms with Gasteiger partial charge in [0.2, 0.25) is 5.95 Å². The van der Waals surface area contributed by atoms with Crippen LogP contribution in [0, 0.1) is 5.82 Å². The van der Waals surface area contributed by atoms with Crippen molar-refractivity contribution in [2.24, 2.45) is 0 Å². The predicted molar refractivity (Wildman–Crippen MR) is 80.7 cm³/mol. The minimum Gasteiger partial charge on any atom is -0.464 e. The zero-order valence-electron chi connectivity index (χ0n) is 12.6. The van der Waals surface area contributed by atoms with Gasteiger partial charge in [0.15, 0.2) is 6.10 Å². The first kappa shape index (κ1) is 15.4. The average molecular weight is 317 g/mol. The first-order valence-corrected chi connectivity index (χ1v) is 7.34. The number of rotatable bonds is 4. The van der Waals surface area contributed by atoms with E-state index >= 15 is 0 Å². The normalized spacial score (nSPS) is 14.5. The third kappa shape index (κ3) is 2.75. The van der Waals surface area contributed by atoms with Crippen LogP contribution in [0.2, 0.25) is 0 Å². The summed E-state index contributed by atoms with van der Waals surface area (Å²) in [6, 6.07) is 4.58. The predicted octanol–water partition coefficient (Wildman–Crippen LogP) is 1.91. The summed E-state index contributed by atoms with van der Waals surface area (Å²) in [5, 5.41) is 10.2. The van der Waals surface area contributed by atoms with Gasteiger partial charge < -0.3 is 14.7 Å². The molecule has 1 aliphatic rings. The van der Waals surface area contributed by atoms with E-state index in [9.17, 15) is 14.3 Å². The molecule has 0 spiro atoms. The molecule has 1 unspecified atom stereocenters. The lowest BCUT2D eigenvalue weighted by Gasteiger charge is -2.22. The van der Waals surface area contributed by atoms with Gasteiger partial charge in [-0.25, -0.2) is 19.2 Å². The molecule has 7 heteroatoms. The number of carbonyl (C=O) groups excluding carboxylic acids is 1. The number of hydrogen-bond donors (Lipinski definition) is 1. The number of hydrogen-bond acceptors (Lipinski definition) is 6. The molecule has 1 N–H and O–H groups in total. The van der Waals surface area contributed by atoms with Gasteiger partial charge in [-0.2, -0.15) is 0 Å². The van der Waals surface area contributed by atoms with Gasteiger partial charge in [-0.05, 0) is 31.0 Å². The molecule has 0 fully saturated rings. The zero-order chi connectivity index (χ0) is 16.4. The Kier molecular flexibility index (Phi) is 4.20. The van der Waals surface area contributed by atoms with E-state index < -0.39 is 17.9 Å². The van der Waals surface area contributed by atoms with Gasteiger partial charge in [0.05, 0.1) is 17.9 Å². The molecular formula is C16H16FN3O3. The highest BCUT2D eigenvalue weighted by Gasteiger charge is 2.33. The number of nitrogens with zero attached hydrogens (tertiary/aromatic N) is 3. The first-order valence-electron chi connectivity index (χ1n) is 7.34. The van der Waals surface area contributed by atoms with Crippen LogP contribution in [0.15, 0.2) is 30.6 Å². The molecule has 1 atom stereocenters. The number of fused-ring (bicyclic) bond motifs is 1. The Labute approximate surface area is 132 Å². The van der Waals surface area contributed by atoms with Gasteiger partial charge in [-0.1, -0.05) is 6.07 Å². The molecule has 23 heavy (non-hydrogen) atoms. The number of anilines is 2. The van der Waals surface area contributed by atoms with Gasteiger partial charge in [-0.15, -0.1) is 0 Å². The van der Waals surface area contributed by atoms with Crippen molar-refractivity contribution < 1.29 is 19.0 Å². The standard InChI is InChI=1S/C16H16FN3O3/c1-2-23-15(22)14(21)12-11(17)5-4-10-6-9-20(13(10)12)16-18-7-3-8-19-16/h3-5,7-8,14,21H,2,6,9H2,1H3. The summed E-state index contributed by atoms with van der Waals surface area (Å²) >= 11 is 0. The van der Waals surface area contributed by atoms with Crippen molar-refractivity contribution in [1.82, 2.24) is 9.97 Å². The fourth-order valence-corrected chi connectivity index (χ4v) is 2.72. The van der Waals surface area contributed by atoms with Crippen LogP contribution in [-0.4, -0.2) is 34.2 Å². The smallest absolute Gasteiger partial charge is 0.339 e. The van der Waals surface area contributed by atoms with Crippen molar-refractivity contribution in [2.45, 2.75) is 19.4 Å². The summed E-state index contributed by atoms with van der Waals surface area (Å²) in [5.74, 6) is -1.14. The highest BCUT2D eigenvalue weighted by molar-refractivity contribution is 5.82. The van der Waals surface area contributed by atoms with Crippen LogP contribution >= 0.6 is 0 Å². The second-order valence-electron chi connectivity index (χ2n) is 5.07. The monoisotopic (exact) mass is 317 g/mol. The van der Waals surface area contributed by atoms with Gasteiger partial charge >= 0.3 is 5.97 Å². The number of aliphatic hydroxyl groups excluding tert-OH is 1. The molecule has 0 amide bonds. The minimum absolute atomic E-state index is 0.0918. The Balaban J connectivity index is 2.08. The van der Waals surface area contributed by atoms with Crippen molar-refractivity contribution in [3.63, 3.8) is 0 Å². The van der Waals surface area contributed by atoms with Crippen LogP contribution < -0.4 is 4.90 Å². The summed E-state index contributed by atoms with van der Waals surface area (Å²) in [6.07, 6.45) is 2.13. The van der Waals surface area contributed by atoms with Crippen LogP contribution in [-0.2, 0) is 16.0 Å². The lowest BCUT2D eigenvalue weighted by Crippen LogP contribution is -2.22. The number of ether oxygens (including phenoxy) is 1. The summed E-state index contributed by atoms with van der Waals surface area (Å²) in [6.45, 7) is 2.28. The quantitative estimate of drug-likeness (QED) is 0.868. The van der Waals surface area contributed by atoms with Gasteiger partial charge in [0.25, 0.3) is 0 Å². The Morgan fingerprint density at radius 2 is 2.17 bits per heavy atom. The van der Waals surface area contributed by atoms with E-state index in [2.05, 4.69) is 9.97 Å². The summed E-state index contributed by atoms with van der Waals surface area (Å²) in [7, 11) is 0. The molecule has 0 saturated heterocycles. The molecule has 0 saturated carbocycles. The van der Waals surface area contributed by atoms with E-state index in [0.717, 1.165) is 5.56 Å². The maximum atomic E-state index is 14.3. The Morgan fingerprint density at radius 1 is 1.43 bits per heavy atom. The van der Waals surface area contributed by atoms with Crippen LogP contribution in [0.25, 0.3) is 0 Å². The lowest BCUT2D eigenvalue weighted by atomic mass is 10.0. The summed E-state index contributed by atoms with van der Waals surface area (Å²) in [4.78, 5) is 21.9. The number of esters is 1.